The van der Waals surface area contributed by atoms with Crippen LogP contribution in [0.25, 0.3) is 0 Å². The highest BCUT2D eigenvalue weighted by Gasteiger charge is 2.13. The van der Waals surface area contributed by atoms with E-state index in [9.17, 15) is 0 Å². The number of rotatable bonds is 5. The van der Waals surface area contributed by atoms with Crippen LogP contribution in [0.4, 0.5) is 11.5 Å². The van der Waals surface area contributed by atoms with E-state index in [1.165, 1.54) is 0 Å². The van der Waals surface area contributed by atoms with E-state index in [4.69, 9.17) is 23.2 Å². The number of halogens is 2. The molecule has 1 aromatic heterocycles. The molecule has 1 atom stereocenters. The van der Waals surface area contributed by atoms with Gasteiger partial charge in [0.25, 0.3) is 0 Å². The third-order valence-electron chi connectivity index (χ3n) is 3.29. The van der Waals surface area contributed by atoms with Gasteiger partial charge in [-0.3, -0.25) is 0 Å². The predicted octanol–water partition coefficient (Wildman–Crippen LogP) is 5.02. The van der Waals surface area contributed by atoms with Gasteiger partial charge in [0.1, 0.15) is 5.82 Å². The topological polar surface area (TPSA) is 28.2 Å². The summed E-state index contributed by atoms with van der Waals surface area (Å²) in [6.07, 6.45) is 2.75. The molecule has 112 valence electrons. The third kappa shape index (κ3) is 4.02. The molecule has 0 bridgehead atoms. The maximum Gasteiger partial charge on any atom is 0.128 e. The summed E-state index contributed by atoms with van der Waals surface area (Å²) >= 11 is 12.2. The summed E-state index contributed by atoms with van der Waals surface area (Å²) in [6, 6.07) is 9.74. The molecular formula is C16H19Cl2N3. The fourth-order valence-electron chi connectivity index (χ4n) is 2.12. The second-order valence-corrected chi connectivity index (χ2v) is 5.91. The van der Waals surface area contributed by atoms with Crippen molar-refractivity contribution in [2.45, 2.75) is 19.4 Å². The second-order valence-electron chi connectivity index (χ2n) is 5.07. The van der Waals surface area contributed by atoms with E-state index in [1.807, 2.05) is 49.5 Å². The number of anilines is 2. The van der Waals surface area contributed by atoms with Crippen molar-refractivity contribution in [2.75, 3.05) is 24.3 Å². The van der Waals surface area contributed by atoms with Gasteiger partial charge >= 0.3 is 0 Å². The minimum atomic E-state index is 0.127. The molecule has 2 aromatic rings. The summed E-state index contributed by atoms with van der Waals surface area (Å²) in [7, 11) is 3.94. The lowest BCUT2D eigenvalue weighted by Gasteiger charge is -2.20. The van der Waals surface area contributed by atoms with E-state index in [0.717, 1.165) is 23.5 Å². The number of nitrogens with zero attached hydrogens (tertiary/aromatic N) is 2. The van der Waals surface area contributed by atoms with E-state index < -0.39 is 0 Å². The lowest BCUT2D eigenvalue weighted by atomic mass is 10.0. The molecule has 21 heavy (non-hydrogen) atoms. The van der Waals surface area contributed by atoms with Crippen LogP contribution in [0.3, 0.4) is 0 Å². The van der Waals surface area contributed by atoms with Gasteiger partial charge in [0.2, 0.25) is 0 Å². The quantitative estimate of drug-likeness (QED) is 0.837. The van der Waals surface area contributed by atoms with Crippen molar-refractivity contribution in [3.63, 3.8) is 0 Å². The molecule has 3 nitrogen and oxygen atoms in total. The summed E-state index contributed by atoms with van der Waals surface area (Å²) < 4.78 is 0. The highest BCUT2D eigenvalue weighted by molar-refractivity contribution is 6.35. The highest BCUT2D eigenvalue weighted by atomic mass is 35.5. The fourth-order valence-corrected chi connectivity index (χ4v) is 2.66. The molecule has 0 aliphatic heterocycles. The summed E-state index contributed by atoms with van der Waals surface area (Å²) in [6.45, 7) is 2.12. The molecule has 1 N–H and O–H groups in total. The van der Waals surface area contributed by atoms with Crippen LogP contribution in [0.5, 0.6) is 0 Å². The van der Waals surface area contributed by atoms with Crippen molar-refractivity contribution in [1.82, 2.24) is 4.98 Å². The molecule has 1 aromatic carbocycles. The monoisotopic (exact) mass is 323 g/mol. The molecule has 1 unspecified atom stereocenters. The Morgan fingerprint density at radius 2 is 1.95 bits per heavy atom. The van der Waals surface area contributed by atoms with Gasteiger partial charge in [-0.1, -0.05) is 36.2 Å². The van der Waals surface area contributed by atoms with Crippen LogP contribution in [-0.2, 0) is 0 Å². The summed E-state index contributed by atoms with van der Waals surface area (Å²) in [5, 5.41) is 4.79. The second kappa shape index (κ2) is 7.01. The van der Waals surface area contributed by atoms with Crippen molar-refractivity contribution in [2.24, 2.45) is 0 Å². The summed E-state index contributed by atoms with van der Waals surface area (Å²) in [5.74, 6) is 0.929. The van der Waals surface area contributed by atoms with E-state index in [1.54, 1.807) is 6.07 Å². The average molecular weight is 324 g/mol. The van der Waals surface area contributed by atoms with Gasteiger partial charge in [0.15, 0.2) is 0 Å². The molecule has 0 amide bonds. The normalized spacial score (nSPS) is 12.0. The Kier molecular flexibility index (Phi) is 5.32. The van der Waals surface area contributed by atoms with Crippen LogP contribution >= 0.6 is 23.2 Å². The van der Waals surface area contributed by atoms with Gasteiger partial charge in [-0.15, -0.1) is 0 Å². The first-order valence-electron chi connectivity index (χ1n) is 6.86. The van der Waals surface area contributed by atoms with Gasteiger partial charge in [-0.25, -0.2) is 4.98 Å². The van der Waals surface area contributed by atoms with Gasteiger partial charge < -0.3 is 10.2 Å². The number of nitrogens with one attached hydrogen (secondary N) is 1. The standard InChI is InChI=1S/C16H19Cl2N3/c1-4-15(13-7-5-11(17)9-14(13)18)20-12-6-8-16(19-10-12)21(2)3/h5-10,15,20H,4H2,1-3H3. The molecule has 0 saturated heterocycles. The van der Waals surface area contributed by atoms with Crippen molar-refractivity contribution in [3.8, 4) is 0 Å². The molecule has 0 radical (unpaired) electrons. The Hall–Kier alpha value is -1.45. The molecule has 2 rings (SSSR count). The Balaban J connectivity index is 2.18. The zero-order valence-corrected chi connectivity index (χ0v) is 13.9. The first kappa shape index (κ1) is 15.9. The maximum atomic E-state index is 6.29. The van der Waals surface area contributed by atoms with E-state index >= 15 is 0 Å². The Morgan fingerprint density at radius 3 is 2.48 bits per heavy atom. The van der Waals surface area contributed by atoms with Crippen LogP contribution in [-0.4, -0.2) is 19.1 Å². The van der Waals surface area contributed by atoms with Crippen LogP contribution in [0.15, 0.2) is 36.5 Å². The van der Waals surface area contributed by atoms with Gasteiger partial charge in [0, 0.05) is 24.1 Å². The first-order valence-corrected chi connectivity index (χ1v) is 7.61. The van der Waals surface area contributed by atoms with Gasteiger partial charge in [-0.05, 0) is 36.2 Å². The highest BCUT2D eigenvalue weighted by Crippen LogP contribution is 2.30. The lowest BCUT2D eigenvalue weighted by molar-refractivity contribution is 0.749. The summed E-state index contributed by atoms with van der Waals surface area (Å²) in [4.78, 5) is 6.37. The first-order chi connectivity index (χ1) is 10.0. The van der Waals surface area contributed by atoms with Crippen LogP contribution in [0, 0.1) is 0 Å². The minimum Gasteiger partial charge on any atom is -0.377 e. The molecule has 1 heterocycles. The zero-order chi connectivity index (χ0) is 15.4. The minimum absolute atomic E-state index is 0.127. The van der Waals surface area contributed by atoms with Crippen LogP contribution < -0.4 is 10.2 Å². The smallest absolute Gasteiger partial charge is 0.128 e. The van der Waals surface area contributed by atoms with Crippen LogP contribution in [0.2, 0.25) is 10.0 Å². The maximum absolute atomic E-state index is 6.29. The molecular weight excluding hydrogens is 305 g/mol. The molecule has 0 fully saturated rings. The predicted molar refractivity (Wildman–Crippen MR) is 91.7 cm³/mol. The van der Waals surface area contributed by atoms with E-state index in [-0.39, 0.29) is 6.04 Å². The van der Waals surface area contributed by atoms with Crippen LogP contribution in [0.1, 0.15) is 24.9 Å². The van der Waals surface area contributed by atoms with Crippen molar-refractivity contribution < 1.29 is 0 Å². The fraction of sp³-hybridized carbons (Fsp3) is 0.312. The lowest BCUT2D eigenvalue weighted by Crippen LogP contribution is -2.12. The molecule has 0 spiro atoms. The largest absolute Gasteiger partial charge is 0.377 e. The zero-order valence-electron chi connectivity index (χ0n) is 12.4. The summed E-state index contributed by atoms with van der Waals surface area (Å²) in [5.41, 5.74) is 2.01. The number of benzene rings is 1. The van der Waals surface area contributed by atoms with Crippen molar-refractivity contribution in [1.29, 1.82) is 0 Å². The Bertz CT molecular complexity index is 597. The molecule has 0 aliphatic rings. The van der Waals surface area contributed by atoms with Crippen molar-refractivity contribution >= 4 is 34.7 Å². The number of hydrogen-bond acceptors (Lipinski definition) is 3. The van der Waals surface area contributed by atoms with Gasteiger partial charge in [-0.2, -0.15) is 0 Å². The average Bonchev–Trinajstić information content (AvgIpc) is 2.46. The molecule has 0 saturated carbocycles. The number of hydrogen-bond donors (Lipinski definition) is 1. The third-order valence-corrected chi connectivity index (χ3v) is 3.86. The van der Waals surface area contributed by atoms with E-state index in [0.29, 0.717) is 10.0 Å². The number of pyridine rings is 1. The molecule has 5 heteroatoms. The number of aromatic nitrogens is 1. The Morgan fingerprint density at radius 1 is 1.19 bits per heavy atom. The van der Waals surface area contributed by atoms with Crippen molar-refractivity contribution in [3.05, 3.63) is 52.1 Å². The van der Waals surface area contributed by atoms with Gasteiger partial charge in [0.05, 0.1) is 17.9 Å². The molecule has 0 aliphatic carbocycles. The SMILES string of the molecule is CCC(Nc1ccc(N(C)C)nc1)c1ccc(Cl)cc1Cl. The van der Waals surface area contributed by atoms with E-state index in [2.05, 4.69) is 17.2 Å². The Labute approximate surface area is 135 Å².